The van der Waals surface area contributed by atoms with Crippen molar-refractivity contribution in [2.24, 2.45) is 5.41 Å². The van der Waals surface area contributed by atoms with Crippen molar-refractivity contribution in [2.45, 2.75) is 53.1 Å². The summed E-state index contributed by atoms with van der Waals surface area (Å²) < 4.78 is 0. The Kier molecular flexibility index (Phi) is 5.56. The molecule has 1 atom stereocenters. The van der Waals surface area contributed by atoms with Gasteiger partial charge in [0.05, 0.1) is 5.01 Å². The Hall–Kier alpha value is -0.450. The molecule has 0 spiro atoms. The van der Waals surface area contributed by atoms with Crippen LogP contribution in [0.3, 0.4) is 0 Å². The number of aryl methyl sites for hydroxylation is 1. The molecule has 0 aliphatic heterocycles. The first-order valence-electron chi connectivity index (χ1n) is 6.25. The fraction of sp³-hybridized carbons (Fsp3) is 0.769. The summed E-state index contributed by atoms with van der Waals surface area (Å²) >= 11 is 1.77. The van der Waals surface area contributed by atoms with Crippen molar-refractivity contribution >= 4 is 11.3 Å². The maximum Gasteiger partial charge on any atom is 0.0925 e. The van der Waals surface area contributed by atoms with Gasteiger partial charge in [-0.1, -0.05) is 27.7 Å². The Labute approximate surface area is 108 Å². The molecule has 0 aliphatic rings. The SMILES string of the molecule is CCc1ncc(CNC(CCO)C(C)(C)C)s1. The summed E-state index contributed by atoms with van der Waals surface area (Å²) in [7, 11) is 0. The predicted octanol–water partition coefficient (Wildman–Crippen LogP) is 2.59. The minimum absolute atomic E-state index is 0.168. The molecule has 1 aromatic rings. The van der Waals surface area contributed by atoms with Gasteiger partial charge in [0.1, 0.15) is 0 Å². The quantitative estimate of drug-likeness (QED) is 0.822. The summed E-state index contributed by atoms with van der Waals surface area (Å²) in [5.41, 5.74) is 0.168. The van der Waals surface area contributed by atoms with E-state index in [-0.39, 0.29) is 12.0 Å². The summed E-state index contributed by atoms with van der Waals surface area (Å²) in [6.45, 7) is 9.80. The number of nitrogens with zero attached hydrogens (tertiary/aromatic N) is 1. The maximum absolute atomic E-state index is 9.09. The lowest BCUT2D eigenvalue weighted by Gasteiger charge is -2.31. The van der Waals surface area contributed by atoms with Crippen LogP contribution < -0.4 is 5.32 Å². The molecule has 0 radical (unpaired) electrons. The lowest BCUT2D eigenvalue weighted by molar-refractivity contribution is 0.197. The smallest absolute Gasteiger partial charge is 0.0925 e. The Morgan fingerprint density at radius 2 is 2.18 bits per heavy atom. The fourth-order valence-electron chi connectivity index (χ4n) is 1.79. The number of aliphatic hydroxyl groups excluding tert-OH is 1. The number of rotatable bonds is 6. The monoisotopic (exact) mass is 256 g/mol. The average molecular weight is 256 g/mol. The molecule has 0 saturated carbocycles. The van der Waals surface area contributed by atoms with Crippen LogP contribution in [0.15, 0.2) is 6.20 Å². The molecule has 0 amide bonds. The number of aliphatic hydroxyl groups is 1. The summed E-state index contributed by atoms with van der Waals surface area (Å²) in [6.07, 6.45) is 3.75. The Morgan fingerprint density at radius 1 is 1.47 bits per heavy atom. The van der Waals surface area contributed by atoms with E-state index in [0.29, 0.717) is 6.04 Å². The van der Waals surface area contributed by atoms with E-state index in [2.05, 4.69) is 38.0 Å². The molecule has 0 aliphatic carbocycles. The molecule has 2 N–H and O–H groups in total. The molecule has 1 aromatic heterocycles. The molecule has 0 fully saturated rings. The van der Waals surface area contributed by atoms with E-state index in [1.54, 1.807) is 11.3 Å². The molecule has 4 heteroatoms. The summed E-state index contributed by atoms with van der Waals surface area (Å²) in [4.78, 5) is 5.62. The zero-order valence-electron chi connectivity index (χ0n) is 11.3. The third kappa shape index (κ3) is 4.74. The second-order valence-electron chi connectivity index (χ2n) is 5.39. The molecule has 0 bridgehead atoms. The highest BCUT2D eigenvalue weighted by Crippen LogP contribution is 2.22. The van der Waals surface area contributed by atoms with Crippen LogP contribution in [-0.2, 0) is 13.0 Å². The van der Waals surface area contributed by atoms with E-state index in [4.69, 9.17) is 5.11 Å². The fourth-order valence-corrected chi connectivity index (χ4v) is 2.60. The van der Waals surface area contributed by atoms with E-state index in [1.807, 2.05) is 6.20 Å². The third-order valence-corrected chi connectivity index (χ3v) is 4.03. The second kappa shape index (κ2) is 6.47. The Bertz CT molecular complexity index is 330. The minimum atomic E-state index is 0.168. The van der Waals surface area contributed by atoms with E-state index in [9.17, 15) is 0 Å². The van der Waals surface area contributed by atoms with Crippen LogP contribution in [0, 0.1) is 5.41 Å². The van der Waals surface area contributed by atoms with Crippen molar-refractivity contribution in [2.75, 3.05) is 6.61 Å². The van der Waals surface area contributed by atoms with Gasteiger partial charge in [0, 0.05) is 30.3 Å². The van der Waals surface area contributed by atoms with Crippen LogP contribution in [0.25, 0.3) is 0 Å². The van der Waals surface area contributed by atoms with E-state index in [1.165, 1.54) is 9.88 Å². The van der Waals surface area contributed by atoms with E-state index < -0.39 is 0 Å². The van der Waals surface area contributed by atoms with Gasteiger partial charge in [0.25, 0.3) is 0 Å². The zero-order chi connectivity index (χ0) is 12.9. The Morgan fingerprint density at radius 3 is 2.65 bits per heavy atom. The van der Waals surface area contributed by atoms with Crippen LogP contribution in [0.2, 0.25) is 0 Å². The van der Waals surface area contributed by atoms with E-state index in [0.717, 1.165) is 19.4 Å². The lowest BCUT2D eigenvalue weighted by Crippen LogP contribution is -2.40. The molecule has 0 saturated heterocycles. The molecule has 1 heterocycles. The molecule has 3 nitrogen and oxygen atoms in total. The molecule has 98 valence electrons. The molecular formula is C13H24N2OS. The maximum atomic E-state index is 9.09. The van der Waals surface area contributed by atoms with Crippen LogP contribution in [0.5, 0.6) is 0 Å². The summed E-state index contributed by atoms with van der Waals surface area (Å²) in [6, 6.07) is 0.333. The average Bonchev–Trinajstić information content (AvgIpc) is 2.70. The van der Waals surface area contributed by atoms with Crippen LogP contribution in [0.1, 0.15) is 44.0 Å². The van der Waals surface area contributed by atoms with Crippen LogP contribution in [0.4, 0.5) is 0 Å². The predicted molar refractivity (Wildman–Crippen MR) is 73.3 cm³/mol. The van der Waals surface area contributed by atoms with Crippen molar-refractivity contribution in [3.05, 3.63) is 16.1 Å². The first kappa shape index (κ1) is 14.6. The second-order valence-corrected chi connectivity index (χ2v) is 6.59. The number of aromatic nitrogens is 1. The highest BCUT2D eigenvalue weighted by Gasteiger charge is 2.23. The molecule has 1 unspecified atom stereocenters. The third-order valence-electron chi connectivity index (χ3n) is 2.89. The zero-order valence-corrected chi connectivity index (χ0v) is 12.1. The standard InChI is InChI=1S/C13H24N2OS/c1-5-12-15-9-10(17-12)8-14-11(6-7-16)13(2,3)4/h9,11,14,16H,5-8H2,1-4H3. The van der Waals surface area contributed by atoms with Crippen molar-refractivity contribution < 1.29 is 5.11 Å². The summed E-state index contributed by atoms with van der Waals surface area (Å²) in [5, 5.41) is 13.8. The van der Waals surface area contributed by atoms with Crippen molar-refractivity contribution in [1.29, 1.82) is 0 Å². The summed E-state index contributed by atoms with van der Waals surface area (Å²) in [5.74, 6) is 0. The molecule has 0 aromatic carbocycles. The van der Waals surface area contributed by atoms with Crippen LogP contribution in [-0.4, -0.2) is 22.7 Å². The van der Waals surface area contributed by atoms with Crippen molar-refractivity contribution in [3.8, 4) is 0 Å². The lowest BCUT2D eigenvalue weighted by atomic mass is 9.85. The van der Waals surface area contributed by atoms with Gasteiger partial charge in [-0.3, -0.25) is 0 Å². The molecular weight excluding hydrogens is 232 g/mol. The number of hydrogen-bond donors (Lipinski definition) is 2. The highest BCUT2D eigenvalue weighted by atomic mass is 32.1. The number of thiazole rings is 1. The van der Waals surface area contributed by atoms with Crippen LogP contribution >= 0.6 is 11.3 Å². The minimum Gasteiger partial charge on any atom is -0.396 e. The largest absolute Gasteiger partial charge is 0.396 e. The Balaban J connectivity index is 2.51. The van der Waals surface area contributed by atoms with Gasteiger partial charge >= 0.3 is 0 Å². The van der Waals surface area contributed by atoms with Gasteiger partial charge in [-0.05, 0) is 18.3 Å². The van der Waals surface area contributed by atoms with Gasteiger partial charge in [-0.25, -0.2) is 4.98 Å². The van der Waals surface area contributed by atoms with Gasteiger partial charge < -0.3 is 10.4 Å². The van der Waals surface area contributed by atoms with Gasteiger partial charge in [0.2, 0.25) is 0 Å². The van der Waals surface area contributed by atoms with Crippen molar-refractivity contribution in [3.63, 3.8) is 0 Å². The molecule has 1 rings (SSSR count). The number of hydrogen-bond acceptors (Lipinski definition) is 4. The number of nitrogens with one attached hydrogen (secondary N) is 1. The highest BCUT2D eigenvalue weighted by molar-refractivity contribution is 7.11. The van der Waals surface area contributed by atoms with Gasteiger partial charge in [-0.2, -0.15) is 0 Å². The van der Waals surface area contributed by atoms with Crippen molar-refractivity contribution in [1.82, 2.24) is 10.3 Å². The molecule has 17 heavy (non-hydrogen) atoms. The van der Waals surface area contributed by atoms with Gasteiger partial charge in [-0.15, -0.1) is 11.3 Å². The topological polar surface area (TPSA) is 45.2 Å². The normalized spacial score (nSPS) is 13.9. The van der Waals surface area contributed by atoms with Gasteiger partial charge in [0.15, 0.2) is 0 Å². The first-order valence-corrected chi connectivity index (χ1v) is 7.06. The first-order chi connectivity index (χ1) is 7.97. The van der Waals surface area contributed by atoms with E-state index >= 15 is 0 Å².